The molecule has 78 valence electrons. The van der Waals surface area contributed by atoms with E-state index in [4.69, 9.17) is 0 Å². The fourth-order valence-electron chi connectivity index (χ4n) is 1.42. The molecule has 1 rings (SSSR count). The lowest BCUT2D eigenvalue weighted by Gasteiger charge is -2.12. The predicted octanol–water partition coefficient (Wildman–Crippen LogP) is 0.109. The van der Waals surface area contributed by atoms with E-state index in [1.165, 1.54) is 6.92 Å². The van der Waals surface area contributed by atoms with E-state index >= 15 is 0 Å². The van der Waals surface area contributed by atoms with Gasteiger partial charge in [0.1, 0.15) is 0 Å². The van der Waals surface area contributed by atoms with Crippen LogP contribution in [0.1, 0.15) is 13.3 Å². The molecule has 0 radical (unpaired) electrons. The van der Waals surface area contributed by atoms with Gasteiger partial charge in [0.2, 0.25) is 0 Å². The van der Waals surface area contributed by atoms with Gasteiger partial charge in [0, 0.05) is 0 Å². The van der Waals surface area contributed by atoms with Gasteiger partial charge < -0.3 is 0 Å². The summed E-state index contributed by atoms with van der Waals surface area (Å²) in [6.45, 7) is 1.21. The molecule has 2 unspecified atom stereocenters. The fraction of sp³-hybridized carbons (Fsp3) is 1.00. The number of hydrogen-bond acceptors (Lipinski definition) is 4. The second-order valence-corrected chi connectivity index (χ2v) is 7.27. The minimum absolute atomic E-state index is 0.0302. The van der Waals surface area contributed by atoms with Crippen molar-refractivity contribution in [1.82, 2.24) is 0 Å². The first kappa shape index (κ1) is 10.9. The van der Waals surface area contributed by atoms with Crippen LogP contribution in [0, 0.1) is 5.92 Å². The molecule has 0 spiro atoms. The summed E-state index contributed by atoms with van der Waals surface area (Å²) in [6.07, 6.45) is 0.243. The first-order valence-corrected chi connectivity index (χ1v) is 7.13. The maximum Gasteiger partial charge on any atom is 0.305 e. The lowest BCUT2D eigenvalue weighted by Crippen LogP contribution is -2.24. The molecule has 0 aliphatic carbocycles. The van der Waals surface area contributed by atoms with Gasteiger partial charge in [-0.1, -0.05) is 0 Å². The van der Waals surface area contributed by atoms with Crippen molar-refractivity contribution in [1.29, 1.82) is 0 Å². The average molecular weight is 230 g/mol. The molecule has 7 heteroatoms. The molecule has 0 aromatic rings. The van der Waals surface area contributed by atoms with Crippen LogP contribution in [0.4, 0.5) is 3.89 Å². The molecule has 2 atom stereocenters. The Hall–Kier alpha value is -0.170. The van der Waals surface area contributed by atoms with Crippen molar-refractivity contribution in [2.75, 3.05) is 11.5 Å². The Bertz CT molecular complexity index is 383. The molecule has 1 aliphatic rings. The zero-order valence-electron chi connectivity index (χ0n) is 7.10. The highest BCUT2D eigenvalue weighted by Crippen LogP contribution is 2.26. The van der Waals surface area contributed by atoms with Crippen LogP contribution < -0.4 is 0 Å². The third-order valence-corrected chi connectivity index (χ3v) is 5.44. The van der Waals surface area contributed by atoms with Crippen molar-refractivity contribution >= 4 is 20.1 Å². The van der Waals surface area contributed by atoms with E-state index in [0.717, 1.165) is 0 Å². The molecule has 1 saturated heterocycles. The lowest BCUT2D eigenvalue weighted by atomic mass is 10.1. The second kappa shape index (κ2) is 3.20. The van der Waals surface area contributed by atoms with Gasteiger partial charge in [-0.15, -0.1) is 3.89 Å². The van der Waals surface area contributed by atoms with Gasteiger partial charge in [-0.3, -0.25) is 0 Å². The topological polar surface area (TPSA) is 68.3 Å². The Balaban J connectivity index is 2.79. The van der Waals surface area contributed by atoms with E-state index < -0.39 is 31.2 Å². The molecule has 0 bridgehead atoms. The normalized spacial score (nSPS) is 30.2. The van der Waals surface area contributed by atoms with Crippen LogP contribution >= 0.6 is 0 Å². The van der Waals surface area contributed by atoms with Crippen molar-refractivity contribution in [2.45, 2.75) is 18.6 Å². The molecule has 4 nitrogen and oxygen atoms in total. The van der Waals surface area contributed by atoms with Crippen LogP contribution in [-0.4, -0.2) is 33.6 Å². The van der Waals surface area contributed by atoms with E-state index in [9.17, 15) is 20.7 Å². The standard InChI is InChI=1S/C6H11FO4S2/c1-5(13(7,10)11)6-2-3-12(8,9)4-6/h5-6H,2-4H2,1H3. The van der Waals surface area contributed by atoms with Crippen LogP contribution in [-0.2, 0) is 20.1 Å². The largest absolute Gasteiger partial charge is 0.305 e. The first-order chi connectivity index (χ1) is 5.72. The Morgan fingerprint density at radius 3 is 2.31 bits per heavy atom. The Kier molecular flexibility index (Phi) is 2.68. The maximum atomic E-state index is 12.5. The van der Waals surface area contributed by atoms with Gasteiger partial charge in [0.05, 0.1) is 16.8 Å². The van der Waals surface area contributed by atoms with Crippen LogP contribution in [0.2, 0.25) is 0 Å². The fourth-order valence-corrected chi connectivity index (χ4v) is 4.17. The summed E-state index contributed by atoms with van der Waals surface area (Å²) >= 11 is 0. The zero-order valence-corrected chi connectivity index (χ0v) is 8.74. The second-order valence-electron chi connectivity index (χ2n) is 3.34. The van der Waals surface area contributed by atoms with Gasteiger partial charge >= 0.3 is 10.2 Å². The lowest BCUT2D eigenvalue weighted by molar-refractivity contribution is 0.493. The van der Waals surface area contributed by atoms with Crippen LogP contribution in [0.5, 0.6) is 0 Å². The molecule has 0 amide bonds. The van der Waals surface area contributed by atoms with E-state index in [2.05, 4.69) is 0 Å². The monoisotopic (exact) mass is 230 g/mol. The summed E-state index contributed by atoms with van der Waals surface area (Å²) in [5, 5.41) is -1.20. The number of rotatable bonds is 2. The SMILES string of the molecule is CC(C1CCS(=O)(=O)C1)S(=O)(=O)F. The van der Waals surface area contributed by atoms with Crippen molar-refractivity contribution < 1.29 is 20.7 Å². The molecular weight excluding hydrogens is 219 g/mol. The summed E-state index contributed by atoms with van der Waals surface area (Å²) in [5.74, 6) is -0.825. The van der Waals surface area contributed by atoms with Crippen molar-refractivity contribution in [3.8, 4) is 0 Å². The molecule has 0 N–H and O–H groups in total. The molecule has 13 heavy (non-hydrogen) atoms. The van der Waals surface area contributed by atoms with Crippen molar-refractivity contribution in [3.05, 3.63) is 0 Å². The Labute approximate surface area is 77.3 Å². The number of halogens is 1. The predicted molar refractivity (Wildman–Crippen MR) is 46.3 cm³/mol. The van der Waals surface area contributed by atoms with Crippen molar-refractivity contribution in [2.24, 2.45) is 5.92 Å². The average Bonchev–Trinajstić information content (AvgIpc) is 2.26. The summed E-state index contributed by atoms with van der Waals surface area (Å²) in [5.41, 5.74) is 0. The highest BCUT2D eigenvalue weighted by molar-refractivity contribution is 7.91. The minimum Gasteiger partial charge on any atom is -0.229 e. The molecule has 1 heterocycles. The van der Waals surface area contributed by atoms with E-state index in [1.807, 2.05) is 0 Å². The van der Waals surface area contributed by atoms with E-state index in [0.29, 0.717) is 0 Å². The van der Waals surface area contributed by atoms with Crippen molar-refractivity contribution in [3.63, 3.8) is 0 Å². The molecule has 0 aromatic heterocycles. The number of hydrogen-bond donors (Lipinski definition) is 0. The maximum absolute atomic E-state index is 12.5. The summed E-state index contributed by atoms with van der Waals surface area (Å²) in [4.78, 5) is 0. The highest BCUT2D eigenvalue weighted by Gasteiger charge is 2.37. The van der Waals surface area contributed by atoms with Crippen LogP contribution in [0.25, 0.3) is 0 Å². The van der Waals surface area contributed by atoms with Crippen LogP contribution in [0.15, 0.2) is 0 Å². The van der Waals surface area contributed by atoms with Gasteiger partial charge in [-0.25, -0.2) is 8.42 Å². The third-order valence-electron chi connectivity index (χ3n) is 2.38. The minimum atomic E-state index is -4.60. The van der Waals surface area contributed by atoms with Gasteiger partial charge in [-0.05, 0) is 19.3 Å². The summed E-state index contributed by atoms with van der Waals surface area (Å²) < 4.78 is 55.3. The summed E-state index contributed by atoms with van der Waals surface area (Å²) in [7, 11) is -7.73. The van der Waals surface area contributed by atoms with Gasteiger partial charge in [0.25, 0.3) is 0 Å². The van der Waals surface area contributed by atoms with E-state index in [-0.39, 0.29) is 17.9 Å². The smallest absolute Gasteiger partial charge is 0.229 e. The number of sulfone groups is 1. The Morgan fingerprint density at radius 2 is 2.00 bits per heavy atom. The molecule has 1 aliphatic heterocycles. The molecular formula is C6H11FO4S2. The molecule has 0 aromatic carbocycles. The van der Waals surface area contributed by atoms with E-state index in [1.54, 1.807) is 0 Å². The van der Waals surface area contributed by atoms with Gasteiger partial charge in [-0.2, -0.15) is 8.42 Å². The van der Waals surface area contributed by atoms with Gasteiger partial charge in [0.15, 0.2) is 9.84 Å². The zero-order chi connectivity index (χ0) is 10.3. The molecule has 1 fully saturated rings. The quantitative estimate of drug-likeness (QED) is 0.631. The van der Waals surface area contributed by atoms with Crippen LogP contribution in [0.3, 0.4) is 0 Å². The third kappa shape index (κ3) is 2.63. The first-order valence-electron chi connectivity index (χ1n) is 3.86. The highest BCUT2D eigenvalue weighted by atomic mass is 32.3. The molecule has 0 saturated carbocycles. The Morgan fingerprint density at radius 1 is 1.46 bits per heavy atom. The summed E-state index contributed by atoms with van der Waals surface area (Å²) in [6, 6.07) is 0.